The average molecular weight is 279 g/mol. The SMILES string of the molecule is COc1cccc(CN(C)CC2(C(=O)O)CCOC2)c1. The maximum absolute atomic E-state index is 11.5. The third-order valence-electron chi connectivity index (χ3n) is 3.72. The van der Waals surface area contributed by atoms with Gasteiger partial charge in [-0.05, 0) is 31.2 Å². The third kappa shape index (κ3) is 3.29. The van der Waals surface area contributed by atoms with Gasteiger partial charge in [-0.15, -0.1) is 0 Å². The van der Waals surface area contributed by atoms with Gasteiger partial charge in [-0.3, -0.25) is 4.79 Å². The Bertz CT molecular complexity index is 469. The number of ether oxygens (including phenoxy) is 2. The summed E-state index contributed by atoms with van der Waals surface area (Å²) in [5, 5.41) is 9.43. The zero-order chi connectivity index (χ0) is 14.6. The number of aliphatic carboxylic acids is 1. The Kier molecular flexibility index (Phi) is 4.62. The van der Waals surface area contributed by atoms with Crippen molar-refractivity contribution in [3.63, 3.8) is 0 Å². The van der Waals surface area contributed by atoms with E-state index in [0.29, 0.717) is 32.7 Å². The third-order valence-corrected chi connectivity index (χ3v) is 3.72. The smallest absolute Gasteiger partial charge is 0.313 e. The largest absolute Gasteiger partial charge is 0.497 e. The first-order valence-electron chi connectivity index (χ1n) is 6.68. The van der Waals surface area contributed by atoms with Crippen LogP contribution < -0.4 is 4.74 Å². The molecule has 2 rings (SSSR count). The molecule has 0 radical (unpaired) electrons. The molecule has 1 unspecified atom stereocenters. The Morgan fingerprint density at radius 1 is 1.55 bits per heavy atom. The molecule has 1 aliphatic rings. The molecule has 5 nitrogen and oxygen atoms in total. The Balaban J connectivity index is 2.00. The first-order chi connectivity index (χ1) is 9.55. The maximum atomic E-state index is 11.5. The lowest BCUT2D eigenvalue weighted by Crippen LogP contribution is -2.42. The Hall–Kier alpha value is -1.59. The van der Waals surface area contributed by atoms with E-state index in [1.807, 2.05) is 36.2 Å². The van der Waals surface area contributed by atoms with E-state index in [2.05, 4.69) is 0 Å². The van der Waals surface area contributed by atoms with Gasteiger partial charge in [0.25, 0.3) is 0 Å². The van der Waals surface area contributed by atoms with Crippen molar-refractivity contribution in [3.8, 4) is 5.75 Å². The summed E-state index contributed by atoms with van der Waals surface area (Å²) in [6, 6.07) is 7.81. The van der Waals surface area contributed by atoms with Crippen molar-refractivity contribution in [1.82, 2.24) is 4.90 Å². The van der Waals surface area contributed by atoms with Crippen LogP contribution in [0.1, 0.15) is 12.0 Å². The van der Waals surface area contributed by atoms with E-state index < -0.39 is 11.4 Å². The van der Waals surface area contributed by atoms with Crippen LogP contribution in [0.5, 0.6) is 5.75 Å². The van der Waals surface area contributed by atoms with Gasteiger partial charge in [0.15, 0.2) is 0 Å². The monoisotopic (exact) mass is 279 g/mol. The van der Waals surface area contributed by atoms with Crippen molar-refractivity contribution in [2.24, 2.45) is 5.41 Å². The zero-order valence-electron chi connectivity index (χ0n) is 12.0. The zero-order valence-corrected chi connectivity index (χ0v) is 12.0. The quantitative estimate of drug-likeness (QED) is 0.857. The second-order valence-corrected chi connectivity index (χ2v) is 5.41. The van der Waals surface area contributed by atoms with Gasteiger partial charge in [0.1, 0.15) is 11.2 Å². The highest BCUT2D eigenvalue weighted by atomic mass is 16.5. The molecule has 20 heavy (non-hydrogen) atoms. The standard InChI is InChI=1S/C15H21NO4/c1-16(9-12-4-3-5-13(8-12)19-2)10-15(14(17)18)6-7-20-11-15/h3-5,8H,6-7,9-11H2,1-2H3,(H,17,18). The molecule has 1 N–H and O–H groups in total. The molecule has 1 saturated heterocycles. The highest BCUT2D eigenvalue weighted by Crippen LogP contribution is 2.30. The fourth-order valence-corrected chi connectivity index (χ4v) is 2.62. The van der Waals surface area contributed by atoms with Crippen LogP contribution in [0.3, 0.4) is 0 Å². The minimum Gasteiger partial charge on any atom is -0.497 e. The van der Waals surface area contributed by atoms with Gasteiger partial charge in [-0.1, -0.05) is 12.1 Å². The second kappa shape index (κ2) is 6.24. The topological polar surface area (TPSA) is 59.0 Å². The Labute approximate surface area is 119 Å². The molecule has 1 aromatic carbocycles. The van der Waals surface area contributed by atoms with Gasteiger partial charge in [0, 0.05) is 19.7 Å². The summed E-state index contributed by atoms with van der Waals surface area (Å²) in [6.07, 6.45) is 0.574. The molecule has 1 aromatic rings. The molecular formula is C15H21NO4. The number of methoxy groups -OCH3 is 1. The summed E-state index contributed by atoms with van der Waals surface area (Å²) >= 11 is 0. The summed E-state index contributed by atoms with van der Waals surface area (Å²) in [6.45, 7) is 2.00. The van der Waals surface area contributed by atoms with Crippen molar-refractivity contribution in [3.05, 3.63) is 29.8 Å². The first-order valence-corrected chi connectivity index (χ1v) is 6.68. The van der Waals surface area contributed by atoms with E-state index in [4.69, 9.17) is 9.47 Å². The van der Waals surface area contributed by atoms with E-state index in [-0.39, 0.29) is 0 Å². The van der Waals surface area contributed by atoms with Crippen LogP contribution in [0.2, 0.25) is 0 Å². The van der Waals surface area contributed by atoms with Crippen molar-refractivity contribution < 1.29 is 19.4 Å². The van der Waals surface area contributed by atoms with Crippen LogP contribution >= 0.6 is 0 Å². The van der Waals surface area contributed by atoms with Crippen molar-refractivity contribution in [1.29, 1.82) is 0 Å². The van der Waals surface area contributed by atoms with Crippen LogP contribution in [-0.4, -0.2) is 49.9 Å². The molecule has 0 aromatic heterocycles. The number of hydrogen-bond acceptors (Lipinski definition) is 4. The molecule has 0 spiro atoms. The summed E-state index contributed by atoms with van der Waals surface area (Å²) < 4.78 is 10.5. The van der Waals surface area contributed by atoms with Gasteiger partial charge in [-0.25, -0.2) is 0 Å². The van der Waals surface area contributed by atoms with E-state index in [1.165, 1.54) is 0 Å². The van der Waals surface area contributed by atoms with E-state index in [0.717, 1.165) is 11.3 Å². The lowest BCUT2D eigenvalue weighted by atomic mass is 9.87. The maximum Gasteiger partial charge on any atom is 0.313 e. The number of benzene rings is 1. The minimum atomic E-state index is -0.771. The van der Waals surface area contributed by atoms with Crippen molar-refractivity contribution in [2.45, 2.75) is 13.0 Å². The number of carboxylic acid groups (broad SMARTS) is 1. The van der Waals surface area contributed by atoms with Gasteiger partial charge < -0.3 is 19.5 Å². The molecule has 0 amide bonds. The second-order valence-electron chi connectivity index (χ2n) is 5.41. The Morgan fingerprint density at radius 2 is 2.35 bits per heavy atom. The minimum absolute atomic E-state index is 0.296. The van der Waals surface area contributed by atoms with Crippen LogP contribution in [0.15, 0.2) is 24.3 Å². The van der Waals surface area contributed by atoms with Crippen molar-refractivity contribution >= 4 is 5.97 Å². The number of carbonyl (C=O) groups is 1. The molecule has 1 atom stereocenters. The fourth-order valence-electron chi connectivity index (χ4n) is 2.62. The normalized spacial score (nSPS) is 22.1. The molecule has 5 heteroatoms. The first kappa shape index (κ1) is 14.8. The molecule has 0 aliphatic carbocycles. The summed E-state index contributed by atoms with van der Waals surface area (Å²) in [4.78, 5) is 13.5. The molecule has 0 saturated carbocycles. The van der Waals surface area contributed by atoms with Crippen molar-refractivity contribution in [2.75, 3.05) is 33.9 Å². The number of carboxylic acids is 1. The predicted octanol–water partition coefficient (Wildman–Crippen LogP) is 1.62. The molecular weight excluding hydrogens is 258 g/mol. The van der Waals surface area contributed by atoms with Crippen LogP contribution in [0.25, 0.3) is 0 Å². The van der Waals surface area contributed by atoms with E-state index in [9.17, 15) is 9.90 Å². The van der Waals surface area contributed by atoms with Gasteiger partial charge in [-0.2, -0.15) is 0 Å². The highest BCUT2D eigenvalue weighted by Gasteiger charge is 2.43. The number of hydrogen-bond donors (Lipinski definition) is 1. The van der Waals surface area contributed by atoms with Crippen LogP contribution in [0.4, 0.5) is 0 Å². The molecule has 1 fully saturated rings. The lowest BCUT2D eigenvalue weighted by Gasteiger charge is -2.28. The number of rotatable bonds is 6. The molecule has 1 heterocycles. The molecule has 110 valence electrons. The van der Waals surface area contributed by atoms with Gasteiger partial charge in [0.05, 0.1) is 13.7 Å². The van der Waals surface area contributed by atoms with E-state index >= 15 is 0 Å². The fraction of sp³-hybridized carbons (Fsp3) is 0.533. The lowest BCUT2D eigenvalue weighted by molar-refractivity contribution is -0.150. The van der Waals surface area contributed by atoms with Gasteiger partial charge >= 0.3 is 5.97 Å². The Morgan fingerprint density at radius 3 is 2.95 bits per heavy atom. The van der Waals surface area contributed by atoms with E-state index in [1.54, 1.807) is 7.11 Å². The van der Waals surface area contributed by atoms with Crippen LogP contribution in [-0.2, 0) is 16.1 Å². The molecule has 0 bridgehead atoms. The average Bonchev–Trinajstić information content (AvgIpc) is 2.88. The van der Waals surface area contributed by atoms with Crippen LogP contribution in [0, 0.1) is 5.41 Å². The summed E-state index contributed by atoms with van der Waals surface area (Å²) in [7, 11) is 3.57. The predicted molar refractivity (Wildman–Crippen MR) is 74.8 cm³/mol. The number of nitrogens with zero attached hydrogens (tertiary/aromatic N) is 1. The molecule has 1 aliphatic heterocycles. The van der Waals surface area contributed by atoms with Gasteiger partial charge in [0.2, 0.25) is 0 Å². The summed E-state index contributed by atoms with van der Waals surface area (Å²) in [5.41, 5.74) is 0.333. The summed E-state index contributed by atoms with van der Waals surface area (Å²) in [5.74, 6) is 0.0422. The highest BCUT2D eigenvalue weighted by molar-refractivity contribution is 5.75.